The summed E-state index contributed by atoms with van der Waals surface area (Å²) < 4.78 is 4.49. The number of ether oxygens (including phenoxy) is 1. The molecule has 2 rings (SSSR count). The van der Waals surface area contributed by atoms with Crippen LogP contribution in [0, 0.1) is 0 Å². The summed E-state index contributed by atoms with van der Waals surface area (Å²) in [6.45, 7) is 4.13. The number of morpholine rings is 1. The summed E-state index contributed by atoms with van der Waals surface area (Å²) in [7, 11) is 0. The highest BCUT2D eigenvalue weighted by molar-refractivity contribution is 7.09. The van der Waals surface area contributed by atoms with Crippen LogP contribution in [0.25, 0.3) is 0 Å². The molecule has 0 atom stereocenters. The fourth-order valence-corrected chi connectivity index (χ4v) is 2.41. The highest BCUT2D eigenvalue weighted by Crippen LogP contribution is 2.29. The van der Waals surface area contributed by atoms with E-state index in [9.17, 15) is 9.59 Å². The number of rotatable bonds is 2. The number of hydrogen-bond donors (Lipinski definition) is 0. The molecular formula is C10H12N2O3S. The first-order valence-electron chi connectivity index (χ1n) is 4.88. The maximum absolute atomic E-state index is 11.2. The van der Waals surface area contributed by atoms with E-state index >= 15 is 0 Å². The maximum Gasteiger partial charge on any atom is 0.327 e. The third kappa shape index (κ3) is 1.98. The zero-order valence-corrected chi connectivity index (χ0v) is 9.91. The first-order chi connectivity index (χ1) is 7.50. The molecule has 0 aromatic carbocycles. The number of thiazole rings is 1. The summed E-state index contributed by atoms with van der Waals surface area (Å²) >= 11 is 1.51. The van der Waals surface area contributed by atoms with Crippen molar-refractivity contribution in [2.75, 3.05) is 13.1 Å². The standard InChI is InChI=1S/C10H12N2O3S/c1-10(2,9-11-3-4-16-9)12-5-7(13)15-8(14)6-12/h3-4H,5-6H2,1-2H3. The molecule has 0 saturated carbocycles. The summed E-state index contributed by atoms with van der Waals surface area (Å²) in [6.07, 6.45) is 1.71. The van der Waals surface area contributed by atoms with Crippen LogP contribution in [-0.2, 0) is 19.9 Å². The first kappa shape index (κ1) is 11.2. The van der Waals surface area contributed by atoms with E-state index in [1.807, 2.05) is 19.2 Å². The van der Waals surface area contributed by atoms with Crippen molar-refractivity contribution in [1.29, 1.82) is 0 Å². The number of carbonyl (C=O) groups excluding carboxylic acids is 2. The van der Waals surface area contributed by atoms with E-state index in [2.05, 4.69) is 9.72 Å². The molecule has 1 aliphatic heterocycles. The van der Waals surface area contributed by atoms with Crippen LogP contribution in [0.15, 0.2) is 11.6 Å². The predicted octanol–water partition coefficient (Wildman–Crippen LogP) is 0.764. The molecule has 1 aliphatic rings. The second-order valence-corrected chi connectivity index (χ2v) is 4.99. The van der Waals surface area contributed by atoms with E-state index in [-0.39, 0.29) is 13.1 Å². The van der Waals surface area contributed by atoms with E-state index < -0.39 is 17.5 Å². The largest absolute Gasteiger partial charge is 0.391 e. The van der Waals surface area contributed by atoms with Crippen molar-refractivity contribution in [3.8, 4) is 0 Å². The molecule has 1 fully saturated rings. The Labute approximate surface area is 97.0 Å². The molecule has 6 heteroatoms. The highest BCUT2D eigenvalue weighted by atomic mass is 32.1. The Bertz CT molecular complexity index is 398. The molecule has 0 amide bonds. The molecule has 1 saturated heterocycles. The lowest BCUT2D eigenvalue weighted by Crippen LogP contribution is -2.51. The zero-order valence-electron chi connectivity index (χ0n) is 9.10. The molecule has 2 heterocycles. The SMILES string of the molecule is CC(C)(c1nccs1)N1CC(=O)OC(=O)C1. The van der Waals surface area contributed by atoms with Gasteiger partial charge >= 0.3 is 11.9 Å². The van der Waals surface area contributed by atoms with E-state index in [0.717, 1.165) is 5.01 Å². The van der Waals surface area contributed by atoms with Crippen LogP contribution in [0.5, 0.6) is 0 Å². The minimum absolute atomic E-state index is 0.123. The molecule has 0 N–H and O–H groups in total. The molecular weight excluding hydrogens is 228 g/mol. The summed E-state index contributed by atoms with van der Waals surface area (Å²) in [4.78, 5) is 28.4. The molecule has 86 valence electrons. The highest BCUT2D eigenvalue weighted by Gasteiger charge is 2.37. The Morgan fingerprint density at radius 3 is 2.50 bits per heavy atom. The number of hydrogen-bond acceptors (Lipinski definition) is 6. The van der Waals surface area contributed by atoms with E-state index in [1.54, 1.807) is 11.1 Å². The van der Waals surface area contributed by atoms with Gasteiger partial charge in [-0.25, -0.2) is 4.98 Å². The monoisotopic (exact) mass is 240 g/mol. The average molecular weight is 240 g/mol. The van der Waals surface area contributed by atoms with Gasteiger partial charge in [-0.15, -0.1) is 11.3 Å². The van der Waals surface area contributed by atoms with Gasteiger partial charge in [0.15, 0.2) is 0 Å². The van der Waals surface area contributed by atoms with Crippen LogP contribution in [-0.4, -0.2) is 34.9 Å². The predicted molar refractivity (Wildman–Crippen MR) is 57.8 cm³/mol. The molecule has 0 spiro atoms. The molecule has 1 aromatic heterocycles. The van der Waals surface area contributed by atoms with Gasteiger partial charge in [0.05, 0.1) is 18.6 Å². The lowest BCUT2D eigenvalue weighted by molar-refractivity contribution is -0.170. The molecule has 1 aromatic rings. The second kappa shape index (κ2) is 3.95. The van der Waals surface area contributed by atoms with Gasteiger partial charge in [-0.05, 0) is 13.8 Å². The first-order valence-corrected chi connectivity index (χ1v) is 5.76. The van der Waals surface area contributed by atoms with Crippen molar-refractivity contribution >= 4 is 23.3 Å². The Morgan fingerprint density at radius 2 is 2.00 bits per heavy atom. The summed E-state index contributed by atoms with van der Waals surface area (Å²) in [5.41, 5.74) is -0.427. The Morgan fingerprint density at radius 1 is 1.38 bits per heavy atom. The quantitative estimate of drug-likeness (QED) is 0.564. The van der Waals surface area contributed by atoms with Gasteiger partial charge in [0.25, 0.3) is 0 Å². The summed E-state index contributed by atoms with van der Waals surface area (Å²) in [5.74, 6) is -0.998. The topological polar surface area (TPSA) is 59.5 Å². The minimum atomic E-state index is -0.499. The molecule has 5 nitrogen and oxygen atoms in total. The minimum Gasteiger partial charge on any atom is -0.391 e. The zero-order chi connectivity index (χ0) is 11.8. The lowest BCUT2D eigenvalue weighted by atomic mass is 10.0. The lowest BCUT2D eigenvalue weighted by Gasteiger charge is -2.37. The Hall–Kier alpha value is -1.27. The number of esters is 2. The van der Waals surface area contributed by atoms with Crippen molar-refractivity contribution in [3.05, 3.63) is 16.6 Å². The molecule has 0 radical (unpaired) electrons. The fraction of sp³-hybridized carbons (Fsp3) is 0.500. The Balaban J connectivity index is 2.23. The fourth-order valence-electron chi connectivity index (χ4n) is 1.62. The van der Waals surface area contributed by atoms with Gasteiger partial charge in [0.2, 0.25) is 0 Å². The third-order valence-electron chi connectivity index (χ3n) is 2.61. The van der Waals surface area contributed by atoms with Gasteiger partial charge in [-0.2, -0.15) is 0 Å². The Kier molecular flexibility index (Phi) is 2.77. The second-order valence-electron chi connectivity index (χ2n) is 4.10. The number of carbonyl (C=O) groups is 2. The van der Waals surface area contributed by atoms with Crippen LogP contribution >= 0.6 is 11.3 Å². The normalized spacial score (nSPS) is 18.6. The van der Waals surface area contributed by atoms with E-state index in [1.165, 1.54) is 11.3 Å². The van der Waals surface area contributed by atoms with Crippen LogP contribution in [0.3, 0.4) is 0 Å². The number of nitrogens with zero attached hydrogens (tertiary/aromatic N) is 2. The van der Waals surface area contributed by atoms with Crippen LogP contribution in [0.1, 0.15) is 18.9 Å². The van der Waals surface area contributed by atoms with E-state index in [4.69, 9.17) is 0 Å². The van der Waals surface area contributed by atoms with Gasteiger partial charge in [-0.3, -0.25) is 14.5 Å². The molecule has 0 unspecified atom stereocenters. The van der Waals surface area contributed by atoms with Crippen LogP contribution < -0.4 is 0 Å². The van der Waals surface area contributed by atoms with Gasteiger partial charge in [0, 0.05) is 11.6 Å². The molecule has 16 heavy (non-hydrogen) atoms. The maximum atomic E-state index is 11.2. The van der Waals surface area contributed by atoms with Crippen LogP contribution in [0.4, 0.5) is 0 Å². The summed E-state index contributed by atoms with van der Waals surface area (Å²) in [5, 5.41) is 2.76. The average Bonchev–Trinajstić information content (AvgIpc) is 2.69. The van der Waals surface area contributed by atoms with Crippen molar-refractivity contribution in [3.63, 3.8) is 0 Å². The molecule has 0 bridgehead atoms. The number of aromatic nitrogens is 1. The van der Waals surface area contributed by atoms with Crippen molar-refractivity contribution in [2.24, 2.45) is 0 Å². The number of cyclic esters (lactones) is 2. The van der Waals surface area contributed by atoms with Crippen LogP contribution in [0.2, 0.25) is 0 Å². The van der Waals surface area contributed by atoms with Crippen molar-refractivity contribution < 1.29 is 14.3 Å². The van der Waals surface area contributed by atoms with Gasteiger partial charge in [0.1, 0.15) is 5.01 Å². The van der Waals surface area contributed by atoms with Gasteiger partial charge < -0.3 is 4.74 Å². The van der Waals surface area contributed by atoms with Gasteiger partial charge in [-0.1, -0.05) is 0 Å². The summed E-state index contributed by atoms with van der Waals surface area (Å²) in [6, 6.07) is 0. The van der Waals surface area contributed by atoms with E-state index in [0.29, 0.717) is 0 Å². The van der Waals surface area contributed by atoms with Crippen molar-refractivity contribution in [2.45, 2.75) is 19.4 Å². The third-order valence-corrected chi connectivity index (χ3v) is 3.70. The smallest absolute Gasteiger partial charge is 0.327 e. The van der Waals surface area contributed by atoms with Crippen molar-refractivity contribution in [1.82, 2.24) is 9.88 Å². The molecule has 0 aliphatic carbocycles.